The summed E-state index contributed by atoms with van der Waals surface area (Å²) in [5.74, 6) is -0.362. The molecule has 0 radical (unpaired) electrons. The predicted molar refractivity (Wildman–Crippen MR) is 146 cm³/mol. The van der Waals surface area contributed by atoms with Gasteiger partial charge >= 0.3 is 0 Å². The van der Waals surface area contributed by atoms with Gasteiger partial charge in [-0.3, -0.25) is 9.59 Å². The number of hydrogen-bond donors (Lipinski definition) is 2. The number of rotatable bonds is 9. The average Bonchev–Trinajstić information content (AvgIpc) is 3.44. The van der Waals surface area contributed by atoms with Gasteiger partial charge in [0.15, 0.2) is 0 Å². The Balaban J connectivity index is 1.34. The molecule has 0 saturated heterocycles. The lowest BCUT2D eigenvalue weighted by molar-refractivity contribution is 0.0907. The Labute approximate surface area is 216 Å². The predicted octanol–water partition coefficient (Wildman–Crippen LogP) is 6.26. The van der Waals surface area contributed by atoms with Crippen LogP contribution in [-0.2, 0) is 6.42 Å². The summed E-state index contributed by atoms with van der Waals surface area (Å²) in [6.07, 6.45) is 3.03. The van der Waals surface area contributed by atoms with E-state index in [1.54, 1.807) is 24.5 Å². The number of benzene rings is 4. The smallest absolute Gasteiger partial charge is 0.252 e. The van der Waals surface area contributed by atoms with E-state index in [0.29, 0.717) is 29.7 Å². The minimum atomic E-state index is -0.260. The van der Waals surface area contributed by atoms with Crippen LogP contribution < -0.4 is 10.6 Å². The molecule has 0 aliphatic carbocycles. The van der Waals surface area contributed by atoms with E-state index < -0.39 is 0 Å². The zero-order valence-electron chi connectivity index (χ0n) is 20.4. The summed E-state index contributed by atoms with van der Waals surface area (Å²) < 4.78 is 5.43. The maximum absolute atomic E-state index is 13.5. The van der Waals surface area contributed by atoms with Gasteiger partial charge in [0.1, 0.15) is 5.58 Å². The molecular weight excluding hydrogens is 460 g/mol. The molecule has 0 bridgehead atoms. The Morgan fingerprint density at radius 1 is 0.703 bits per heavy atom. The van der Waals surface area contributed by atoms with Crippen LogP contribution in [0.4, 0.5) is 0 Å². The molecular formula is C32H28N2O3. The summed E-state index contributed by atoms with van der Waals surface area (Å²) >= 11 is 0. The number of furan rings is 1. The molecule has 0 saturated carbocycles. The Hall–Kier alpha value is -4.64. The number of hydrogen-bond acceptors (Lipinski definition) is 3. The summed E-state index contributed by atoms with van der Waals surface area (Å²) in [6.45, 7) is 0.305. The molecule has 184 valence electrons. The highest BCUT2D eigenvalue weighted by Crippen LogP contribution is 2.24. The largest absolute Gasteiger partial charge is 0.464 e. The van der Waals surface area contributed by atoms with Crippen LogP contribution in [0.2, 0.25) is 0 Å². The van der Waals surface area contributed by atoms with Crippen molar-refractivity contribution < 1.29 is 14.0 Å². The highest BCUT2D eigenvalue weighted by Gasteiger charge is 2.19. The molecule has 2 amide bonds. The molecule has 0 unspecified atom stereocenters. The normalized spacial score (nSPS) is 11.7. The van der Waals surface area contributed by atoms with E-state index >= 15 is 0 Å². The number of carbonyl (C=O) groups is 2. The third-order valence-electron chi connectivity index (χ3n) is 6.47. The lowest BCUT2D eigenvalue weighted by atomic mass is 9.98. The van der Waals surface area contributed by atoms with E-state index in [1.807, 2.05) is 78.9 Å². The van der Waals surface area contributed by atoms with Gasteiger partial charge in [-0.15, -0.1) is 0 Å². The molecule has 1 heterocycles. The molecule has 4 aromatic carbocycles. The first kappa shape index (κ1) is 24.1. The van der Waals surface area contributed by atoms with Crippen LogP contribution in [0.25, 0.3) is 22.1 Å². The summed E-state index contributed by atoms with van der Waals surface area (Å²) in [4.78, 5) is 26.5. The van der Waals surface area contributed by atoms with Crippen molar-refractivity contribution in [2.24, 2.45) is 0 Å². The lowest BCUT2D eigenvalue weighted by Gasteiger charge is -2.21. The Morgan fingerprint density at radius 3 is 2.22 bits per heavy atom. The Morgan fingerprint density at radius 2 is 1.41 bits per heavy atom. The van der Waals surface area contributed by atoms with Gasteiger partial charge in [-0.05, 0) is 53.8 Å². The molecule has 37 heavy (non-hydrogen) atoms. The highest BCUT2D eigenvalue weighted by atomic mass is 16.3. The fourth-order valence-corrected chi connectivity index (χ4v) is 4.53. The summed E-state index contributed by atoms with van der Waals surface area (Å²) in [5.41, 5.74) is 4.86. The van der Waals surface area contributed by atoms with Gasteiger partial charge < -0.3 is 15.1 Å². The SMILES string of the molecule is O=C(N[C@@H](CCc1ccccc1)CNC(=O)c1cccc2occc12)c1ccccc1-c1ccccc1. The molecule has 0 aliphatic rings. The van der Waals surface area contributed by atoms with E-state index in [0.717, 1.165) is 22.9 Å². The monoisotopic (exact) mass is 488 g/mol. The van der Waals surface area contributed by atoms with Crippen molar-refractivity contribution in [1.29, 1.82) is 0 Å². The van der Waals surface area contributed by atoms with Crippen molar-refractivity contribution in [1.82, 2.24) is 10.6 Å². The van der Waals surface area contributed by atoms with Crippen molar-refractivity contribution in [3.63, 3.8) is 0 Å². The van der Waals surface area contributed by atoms with Crippen molar-refractivity contribution >= 4 is 22.8 Å². The zero-order chi connectivity index (χ0) is 25.5. The van der Waals surface area contributed by atoms with Crippen LogP contribution in [0.5, 0.6) is 0 Å². The first-order valence-electron chi connectivity index (χ1n) is 12.4. The molecule has 1 atom stereocenters. The van der Waals surface area contributed by atoms with Gasteiger partial charge in [-0.25, -0.2) is 0 Å². The highest BCUT2D eigenvalue weighted by molar-refractivity contribution is 6.06. The average molecular weight is 489 g/mol. The molecule has 0 spiro atoms. The van der Waals surface area contributed by atoms with Crippen LogP contribution >= 0.6 is 0 Å². The molecule has 5 aromatic rings. The maximum atomic E-state index is 13.5. The van der Waals surface area contributed by atoms with Crippen molar-refractivity contribution in [2.75, 3.05) is 6.54 Å². The molecule has 0 aliphatic heterocycles. The van der Waals surface area contributed by atoms with E-state index in [1.165, 1.54) is 5.56 Å². The van der Waals surface area contributed by atoms with Crippen LogP contribution in [-0.4, -0.2) is 24.4 Å². The summed E-state index contributed by atoms with van der Waals surface area (Å²) in [6, 6.07) is 34.5. The van der Waals surface area contributed by atoms with Crippen LogP contribution in [0.3, 0.4) is 0 Å². The van der Waals surface area contributed by atoms with Gasteiger partial charge in [-0.1, -0.05) is 84.9 Å². The van der Waals surface area contributed by atoms with E-state index in [2.05, 4.69) is 22.8 Å². The maximum Gasteiger partial charge on any atom is 0.252 e. The molecule has 5 nitrogen and oxygen atoms in total. The second kappa shape index (κ2) is 11.4. The van der Waals surface area contributed by atoms with Gasteiger partial charge in [0.05, 0.1) is 11.8 Å². The Bertz CT molecular complexity index is 1490. The topological polar surface area (TPSA) is 71.3 Å². The van der Waals surface area contributed by atoms with Crippen LogP contribution in [0, 0.1) is 0 Å². The number of nitrogens with one attached hydrogen (secondary N) is 2. The van der Waals surface area contributed by atoms with Gasteiger partial charge in [0.25, 0.3) is 11.8 Å². The van der Waals surface area contributed by atoms with Crippen LogP contribution in [0.1, 0.15) is 32.7 Å². The van der Waals surface area contributed by atoms with Crippen LogP contribution in [0.15, 0.2) is 120 Å². The first-order valence-corrected chi connectivity index (χ1v) is 12.4. The Kier molecular flexibility index (Phi) is 7.42. The number of carbonyl (C=O) groups excluding carboxylic acids is 2. The summed E-state index contributed by atoms with van der Waals surface area (Å²) in [5, 5.41) is 6.97. The van der Waals surface area contributed by atoms with Crippen molar-refractivity contribution in [2.45, 2.75) is 18.9 Å². The summed E-state index contributed by atoms with van der Waals surface area (Å²) in [7, 11) is 0. The minimum Gasteiger partial charge on any atom is -0.464 e. The molecule has 1 aromatic heterocycles. The van der Waals surface area contributed by atoms with Gasteiger partial charge in [0.2, 0.25) is 0 Å². The van der Waals surface area contributed by atoms with E-state index in [9.17, 15) is 9.59 Å². The lowest BCUT2D eigenvalue weighted by Crippen LogP contribution is -2.44. The van der Waals surface area contributed by atoms with Gasteiger partial charge in [0, 0.05) is 23.5 Å². The quantitative estimate of drug-likeness (QED) is 0.257. The molecule has 2 N–H and O–H groups in total. The van der Waals surface area contributed by atoms with Gasteiger partial charge in [-0.2, -0.15) is 0 Å². The zero-order valence-corrected chi connectivity index (χ0v) is 20.4. The third-order valence-corrected chi connectivity index (χ3v) is 6.47. The standard InChI is InChI=1S/C32H28N2O3/c35-31(29-16-9-17-30-27(29)20-21-37-30)33-22-25(19-18-23-10-3-1-4-11-23)34-32(36)28-15-8-7-14-26(28)24-12-5-2-6-13-24/h1-17,20-21,25H,18-19,22H2,(H,33,35)(H,34,36)/t25-/m0/s1. The number of fused-ring (bicyclic) bond motifs is 1. The van der Waals surface area contributed by atoms with Crippen molar-refractivity contribution in [3.05, 3.63) is 132 Å². The minimum absolute atomic E-state index is 0.163. The van der Waals surface area contributed by atoms with E-state index in [4.69, 9.17) is 4.42 Å². The third kappa shape index (κ3) is 5.78. The fourth-order valence-electron chi connectivity index (χ4n) is 4.53. The number of aryl methyl sites for hydroxylation is 1. The van der Waals surface area contributed by atoms with Crippen molar-refractivity contribution in [3.8, 4) is 11.1 Å². The first-order chi connectivity index (χ1) is 18.2. The molecule has 0 fully saturated rings. The van der Waals surface area contributed by atoms with E-state index in [-0.39, 0.29) is 17.9 Å². The number of amides is 2. The second-order valence-corrected chi connectivity index (χ2v) is 8.95. The fraction of sp³-hybridized carbons (Fsp3) is 0.125. The molecule has 5 rings (SSSR count). The molecule has 5 heteroatoms. The second-order valence-electron chi connectivity index (χ2n) is 8.95.